The summed E-state index contributed by atoms with van der Waals surface area (Å²) in [5.74, 6) is -1.49. The summed E-state index contributed by atoms with van der Waals surface area (Å²) in [5.41, 5.74) is 0.138. The highest BCUT2D eigenvalue weighted by atomic mass is 19.4. The van der Waals surface area contributed by atoms with Gasteiger partial charge in [0.1, 0.15) is 18.0 Å². The fourth-order valence-corrected chi connectivity index (χ4v) is 3.44. The number of carbonyl (C=O) groups is 3. The summed E-state index contributed by atoms with van der Waals surface area (Å²) in [4.78, 5) is 38.5. The number of rotatable bonds is 4. The molecule has 3 aromatic rings. The Morgan fingerprint density at radius 3 is 2.35 bits per heavy atom. The van der Waals surface area contributed by atoms with E-state index < -0.39 is 29.5 Å². The fraction of sp³-hybridized carbons (Fsp3) is 0.125. The lowest BCUT2D eigenvalue weighted by molar-refractivity contribution is -0.137. The third-order valence-electron chi connectivity index (χ3n) is 5.01. The molecular weight excluding hydrogens is 453 g/mol. The van der Waals surface area contributed by atoms with Gasteiger partial charge in [0, 0.05) is 5.56 Å². The Morgan fingerprint density at radius 2 is 1.65 bits per heavy atom. The van der Waals surface area contributed by atoms with Gasteiger partial charge in [-0.3, -0.25) is 14.5 Å². The minimum Gasteiger partial charge on any atom is -0.465 e. The number of anilines is 2. The Balaban J connectivity index is 1.61. The molecule has 0 aliphatic carbocycles. The maximum Gasteiger partial charge on any atom is 0.416 e. The summed E-state index contributed by atoms with van der Waals surface area (Å²) in [5, 5.41) is 2.62. The van der Waals surface area contributed by atoms with E-state index in [0.29, 0.717) is 5.69 Å². The van der Waals surface area contributed by atoms with Crippen molar-refractivity contribution < 1.29 is 37.0 Å². The van der Waals surface area contributed by atoms with Gasteiger partial charge >= 0.3 is 12.1 Å². The number of methoxy groups -OCH3 is 1. The van der Waals surface area contributed by atoms with Crippen LogP contribution in [-0.4, -0.2) is 31.4 Å². The van der Waals surface area contributed by atoms with Crippen LogP contribution in [-0.2, 0) is 15.7 Å². The van der Waals surface area contributed by atoms with Crippen LogP contribution in [0.1, 0.15) is 26.3 Å². The number of carbonyl (C=O) groups excluding carboxylic acids is 3. The van der Waals surface area contributed by atoms with Gasteiger partial charge in [-0.05, 0) is 54.6 Å². The van der Waals surface area contributed by atoms with Crippen LogP contribution in [0.2, 0.25) is 0 Å². The molecule has 174 valence electrons. The minimum absolute atomic E-state index is 0.0440. The molecule has 34 heavy (non-hydrogen) atoms. The standard InChI is InChI=1S/C24H17F3N2O5/c1-33-23(32)15-8-9-20-19(11-15)28-21(30)13-29(20)22(31)14-4-2-6-17(10-14)34-18-7-3-5-16(12-18)24(25,26)27/h2-12H,13H2,1H3,(H,28,30). The first-order chi connectivity index (χ1) is 16.2. The predicted molar refractivity (Wildman–Crippen MR) is 116 cm³/mol. The van der Waals surface area contributed by atoms with Gasteiger partial charge in [-0.15, -0.1) is 0 Å². The Labute approximate surface area is 191 Å². The number of ether oxygens (including phenoxy) is 2. The number of alkyl halides is 3. The van der Waals surface area contributed by atoms with E-state index in [0.717, 1.165) is 12.1 Å². The Hall–Kier alpha value is -4.34. The van der Waals surface area contributed by atoms with Crippen molar-refractivity contribution in [1.29, 1.82) is 0 Å². The number of esters is 1. The van der Waals surface area contributed by atoms with Crippen molar-refractivity contribution in [2.75, 3.05) is 23.9 Å². The number of nitrogens with one attached hydrogen (secondary N) is 1. The van der Waals surface area contributed by atoms with Crippen molar-refractivity contribution in [3.05, 3.63) is 83.4 Å². The molecule has 0 unspecified atom stereocenters. The van der Waals surface area contributed by atoms with E-state index in [4.69, 9.17) is 4.74 Å². The van der Waals surface area contributed by atoms with Gasteiger partial charge in [-0.1, -0.05) is 12.1 Å². The monoisotopic (exact) mass is 470 g/mol. The summed E-state index contributed by atoms with van der Waals surface area (Å²) >= 11 is 0. The highest BCUT2D eigenvalue weighted by Gasteiger charge is 2.31. The molecule has 7 nitrogen and oxygen atoms in total. The number of halogens is 3. The molecule has 0 spiro atoms. The maximum atomic E-state index is 13.2. The molecule has 4 rings (SSSR count). The van der Waals surface area contributed by atoms with Crippen molar-refractivity contribution in [2.24, 2.45) is 0 Å². The molecule has 0 radical (unpaired) electrons. The van der Waals surface area contributed by atoms with Crippen LogP contribution in [0.25, 0.3) is 0 Å². The molecule has 3 aromatic carbocycles. The lowest BCUT2D eigenvalue weighted by atomic mass is 10.1. The van der Waals surface area contributed by atoms with Crippen LogP contribution in [0.4, 0.5) is 24.5 Å². The summed E-state index contributed by atoms with van der Waals surface area (Å²) in [6.07, 6.45) is -4.52. The van der Waals surface area contributed by atoms with Crippen molar-refractivity contribution in [3.63, 3.8) is 0 Å². The molecule has 2 amide bonds. The van der Waals surface area contributed by atoms with Gasteiger partial charge in [-0.25, -0.2) is 4.79 Å². The van der Waals surface area contributed by atoms with Crippen LogP contribution in [0, 0.1) is 0 Å². The largest absolute Gasteiger partial charge is 0.465 e. The van der Waals surface area contributed by atoms with E-state index in [9.17, 15) is 27.6 Å². The first kappa shape index (κ1) is 22.8. The molecule has 10 heteroatoms. The molecule has 1 heterocycles. The van der Waals surface area contributed by atoms with Crippen molar-refractivity contribution in [2.45, 2.75) is 6.18 Å². The molecule has 0 aromatic heterocycles. The number of amides is 2. The lowest BCUT2D eigenvalue weighted by Gasteiger charge is -2.29. The SMILES string of the molecule is COC(=O)c1ccc2c(c1)NC(=O)CN2C(=O)c1cccc(Oc2cccc(C(F)(F)F)c2)c1. The molecule has 1 N–H and O–H groups in total. The molecule has 0 saturated carbocycles. The summed E-state index contributed by atoms with van der Waals surface area (Å²) in [6, 6.07) is 14.7. The van der Waals surface area contributed by atoms with Gasteiger partial charge in [0.15, 0.2) is 0 Å². The third-order valence-corrected chi connectivity index (χ3v) is 5.01. The zero-order valence-electron chi connectivity index (χ0n) is 17.7. The summed E-state index contributed by atoms with van der Waals surface area (Å²) in [7, 11) is 1.23. The number of fused-ring (bicyclic) bond motifs is 1. The quantitative estimate of drug-likeness (QED) is 0.550. The Kier molecular flexibility index (Phi) is 5.97. The van der Waals surface area contributed by atoms with Crippen LogP contribution >= 0.6 is 0 Å². The van der Waals surface area contributed by atoms with Gasteiger partial charge in [0.05, 0.1) is 29.6 Å². The zero-order chi connectivity index (χ0) is 24.5. The second-order valence-electron chi connectivity index (χ2n) is 7.32. The smallest absolute Gasteiger partial charge is 0.416 e. The third kappa shape index (κ3) is 4.70. The van der Waals surface area contributed by atoms with Gasteiger partial charge in [0.25, 0.3) is 5.91 Å². The second kappa shape index (κ2) is 8.89. The van der Waals surface area contributed by atoms with E-state index in [1.165, 1.54) is 66.6 Å². The summed E-state index contributed by atoms with van der Waals surface area (Å²) < 4.78 is 49.1. The van der Waals surface area contributed by atoms with E-state index in [1.807, 2.05) is 0 Å². The second-order valence-corrected chi connectivity index (χ2v) is 7.32. The Bertz CT molecular complexity index is 1290. The number of benzene rings is 3. The zero-order valence-corrected chi connectivity index (χ0v) is 17.7. The average molecular weight is 470 g/mol. The molecule has 0 atom stereocenters. The van der Waals surface area contributed by atoms with Gasteiger partial charge < -0.3 is 14.8 Å². The van der Waals surface area contributed by atoms with Crippen molar-refractivity contribution >= 4 is 29.2 Å². The van der Waals surface area contributed by atoms with Gasteiger partial charge in [-0.2, -0.15) is 13.2 Å². The van der Waals surface area contributed by atoms with Crippen LogP contribution in [0.15, 0.2) is 66.7 Å². The van der Waals surface area contributed by atoms with E-state index in [-0.39, 0.29) is 34.9 Å². The highest BCUT2D eigenvalue weighted by Crippen LogP contribution is 2.34. The first-order valence-electron chi connectivity index (χ1n) is 9.95. The summed E-state index contributed by atoms with van der Waals surface area (Å²) in [6.45, 7) is -0.262. The number of hydrogen-bond donors (Lipinski definition) is 1. The molecule has 0 saturated heterocycles. The van der Waals surface area contributed by atoms with Crippen molar-refractivity contribution in [3.8, 4) is 11.5 Å². The highest BCUT2D eigenvalue weighted by molar-refractivity contribution is 6.15. The predicted octanol–water partition coefficient (Wildman–Crippen LogP) is 4.88. The van der Waals surface area contributed by atoms with Crippen LogP contribution in [0.5, 0.6) is 11.5 Å². The Morgan fingerprint density at radius 1 is 0.941 bits per heavy atom. The maximum absolute atomic E-state index is 13.2. The topological polar surface area (TPSA) is 84.9 Å². The minimum atomic E-state index is -4.52. The number of nitrogens with zero attached hydrogens (tertiary/aromatic N) is 1. The van der Waals surface area contributed by atoms with E-state index in [1.54, 1.807) is 0 Å². The van der Waals surface area contributed by atoms with Crippen LogP contribution in [0.3, 0.4) is 0 Å². The molecular formula is C24H17F3N2O5. The molecule has 1 aliphatic rings. The molecule has 0 bridgehead atoms. The fourth-order valence-electron chi connectivity index (χ4n) is 3.44. The van der Waals surface area contributed by atoms with Gasteiger partial charge in [0.2, 0.25) is 5.91 Å². The normalized spacial score (nSPS) is 13.1. The number of hydrogen-bond acceptors (Lipinski definition) is 5. The molecule has 1 aliphatic heterocycles. The van der Waals surface area contributed by atoms with E-state index >= 15 is 0 Å². The van der Waals surface area contributed by atoms with Crippen molar-refractivity contribution in [1.82, 2.24) is 0 Å². The lowest BCUT2D eigenvalue weighted by Crippen LogP contribution is -2.42. The average Bonchev–Trinajstić information content (AvgIpc) is 2.82. The van der Waals surface area contributed by atoms with E-state index in [2.05, 4.69) is 10.1 Å². The first-order valence-corrected chi connectivity index (χ1v) is 9.95. The molecule has 0 fully saturated rings. The van der Waals surface area contributed by atoms with Crippen LogP contribution < -0.4 is 15.0 Å².